The van der Waals surface area contributed by atoms with E-state index in [0.717, 1.165) is 26.5 Å². The van der Waals surface area contributed by atoms with Gasteiger partial charge in [-0.2, -0.15) is 5.10 Å². The lowest BCUT2D eigenvalue weighted by atomic mass is 10.0. The molecule has 2 aromatic carbocycles. The van der Waals surface area contributed by atoms with E-state index in [1.165, 1.54) is 0 Å². The topological polar surface area (TPSA) is 71.8 Å². The number of amides is 2. The van der Waals surface area contributed by atoms with Crippen LogP contribution in [-0.4, -0.2) is 20.8 Å². The molecule has 6 nitrogen and oxygen atoms in total. The summed E-state index contributed by atoms with van der Waals surface area (Å²) in [6.07, 6.45) is 5.46. The molecular weight excluding hydrogens is 406 g/mol. The van der Waals surface area contributed by atoms with Crippen molar-refractivity contribution in [1.29, 1.82) is 0 Å². The number of fused-ring (bicyclic) bond motifs is 1. The van der Waals surface area contributed by atoms with Crippen molar-refractivity contribution in [2.24, 2.45) is 7.05 Å². The van der Waals surface area contributed by atoms with E-state index in [1.54, 1.807) is 10.9 Å². The summed E-state index contributed by atoms with van der Waals surface area (Å²) < 4.78 is 2.71. The molecule has 0 saturated heterocycles. The average molecular weight is 422 g/mol. The quantitative estimate of drug-likeness (QED) is 0.486. The van der Waals surface area contributed by atoms with Gasteiger partial charge in [0.15, 0.2) is 0 Å². The van der Waals surface area contributed by atoms with Crippen LogP contribution in [0.25, 0.3) is 22.0 Å². The van der Waals surface area contributed by atoms with E-state index >= 15 is 0 Å². The summed E-state index contributed by atoms with van der Waals surface area (Å²) in [6.45, 7) is 0. The van der Waals surface area contributed by atoms with Gasteiger partial charge in [0.05, 0.1) is 17.9 Å². The zero-order valence-corrected chi connectivity index (χ0v) is 16.1. The molecule has 134 valence electrons. The Morgan fingerprint density at radius 1 is 1.00 bits per heavy atom. The van der Waals surface area contributed by atoms with Crippen LogP contribution >= 0.6 is 15.9 Å². The molecule has 0 aliphatic carbocycles. The summed E-state index contributed by atoms with van der Waals surface area (Å²) in [5, 5.41) is 11.0. The summed E-state index contributed by atoms with van der Waals surface area (Å²) in [5.74, 6) is 0. The number of anilines is 2. The minimum atomic E-state index is -0.295. The first-order chi connectivity index (χ1) is 13.1. The molecule has 2 N–H and O–H groups in total. The predicted molar refractivity (Wildman–Crippen MR) is 111 cm³/mol. The fourth-order valence-corrected chi connectivity index (χ4v) is 3.28. The SMILES string of the molecule is Cn1ncc2c(-c3ccc(NC(=O)Nc4cccc(Br)c4)cc3)cncc21. The number of nitrogens with zero attached hydrogens (tertiary/aromatic N) is 3. The Bertz CT molecular complexity index is 1120. The molecule has 27 heavy (non-hydrogen) atoms. The Labute approximate surface area is 164 Å². The highest BCUT2D eigenvalue weighted by atomic mass is 79.9. The molecule has 0 atom stereocenters. The second-order valence-corrected chi connectivity index (χ2v) is 6.97. The van der Waals surface area contributed by atoms with E-state index in [0.29, 0.717) is 11.4 Å². The first-order valence-electron chi connectivity index (χ1n) is 8.30. The molecule has 0 aliphatic heterocycles. The third kappa shape index (κ3) is 3.68. The van der Waals surface area contributed by atoms with Crippen molar-refractivity contribution in [3.63, 3.8) is 0 Å². The van der Waals surface area contributed by atoms with E-state index in [1.807, 2.05) is 68.0 Å². The van der Waals surface area contributed by atoms with Crippen molar-refractivity contribution in [3.8, 4) is 11.1 Å². The molecular formula is C20H16BrN5O. The van der Waals surface area contributed by atoms with E-state index < -0.39 is 0 Å². The van der Waals surface area contributed by atoms with Crippen LogP contribution < -0.4 is 10.6 Å². The number of rotatable bonds is 3. The number of aromatic nitrogens is 3. The van der Waals surface area contributed by atoms with Gasteiger partial charge < -0.3 is 10.6 Å². The third-order valence-corrected chi connectivity index (χ3v) is 4.70. The minimum Gasteiger partial charge on any atom is -0.308 e. The Hall–Kier alpha value is -3.19. The van der Waals surface area contributed by atoms with Gasteiger partial charge in [0.25, 0.3) is 0 Å². The fraction of sp³-hybridized carbons (Fsp3) is 0.0500. The summed E-state index contributed by atoms with van der Waals surface area (Å²) in [7, 11) is 1.89. The molecule has 0 bridgehead atoms. The minimum absolute atomic E-state index is 0.295. The molecule has 0 fully saturated rings. The van der Waals surface area contributed by atoms with Crippen molar-refractivity contribution in [3.05, 3.63) is 71.6 Å². The van der Waals surface area contributed by atoms with Gasteiger partial charge in [0, 0.05) is 40.0 Å². The molecule has 2 heterocycles. The maximum absolute atomic E-state index is 12.2. The number of halogens is 1. The van der Waals surface area contributed by atoms with Crippen molar-refractivity contribution in [1.82, 2.24) is 14.8 Å². The molecule has 2 aromatic heterocycles. The van der Waals surface area contributed by atoms with Gasteiger partial charge >= 0.3 is 6.03 Å². The average Bonchev–Trinajstić information content (AvgIpc) is 3.04. The summed E-state index contributed by atoms with van der Waals surface area (Å²) in [5.41, 5.74) is 4.42. The molecule has 4 aromatic rings. The maximum atomic E-state index is 12.2. The first kappa shape index (κ1) is 17.2. The molecule has 0 aliphatic rings. The largest absolute Gasteiger partial charge is 0.323 e. The van der Waals surface area contributed by atoms with E-state index in [2.05, 4.69) is 36.6 Å². The number of pyridine rings is 1. The Kier molecular flexibility index (Phi) is 4.60. The van der Waals surface area contributed by atoms with Gasteiger partial charge in [-0.15, -0.1) is 0 Å². The van der Waals surface area contributed by atoms with Crippen LogP contribution in [0, 0.1) is 0 Å². The van der Waals surface area contributed by atoms with Crippen LogP contribution in [0.2, 0.25) is 0 Å². The lowest BCUT2D eigenvalue weighted by Gasteiger charge is -2.09. The predicted octanol–water partition coefficient (Wildman–Crippen LogP) is 5.04. The fourth-order valence-electron chi connectivity index (χ4n) is 2.88. The molecule has 0 unspecified atom stereocenters. The van der Waals surface area contributed by atoms with E-state index in [-0.39, 0.29) is 6.03 Å². The maximum Gasteiger partial charge on any atom is 0.323 e. The van der Waals surface area contributed by atoms with Crippen LogP contribution in [0.15, 0.2) is 71.6 Å². The van der Waals surface area contributed by atoms with Gasteiger partial charge in [-0.1, -0.05) is 34.1 Å². The first-order valence-corrected chi connectivity index (χ1v) is 9.09. The Balaban J connectivity index is 1.51. The molecule has 0 radical (unpaired) electrons. The van der Waals surface area contributed by atoms with E-state index in [9.17, 15) is 4.79 Å². The lowest BCUT2D eigenvalue weighted by Crippen LogP contribution is -2.19. The van der Waals surface area contributed by atoms with Crippen molar-refractivity contribution in [2.75, 3.05) is 10.6 Å². The molecule has 2 amide bonds. The normalized spacial score (nSPS) is 10.7. The number of hydrogen-bond acceptors (Lipinski definition) is 3. The van der Waals surface area contributed by atoms with E-state index in [4.69, 9.17) is 0 Å². The highest BCUT2D eigenvalue weighted by Gasteiger charge is 2.09. The molecule has 0 spiro atoms. The summed E-state index contributed by atoms with van der Waals surface area (Å²) in [4.78, 5) is 16.5. The van der Waals surface area contributed by atoms with Crippen LogP contribution in [-0.2, 0) is 7.05 Å². The zero-order valence-electron chi connectivity index (χ0n) is 14.5. The summed E-state index contributed by atoms with van der Waals surface area (Å²) in [6, 6.07) is 14.8. The number of carbonyl (C=O) groups excluding carboxylic acids is 1. The van der Waals surface area contributed by atoms with Crippen LogP contribution in [0.3, 0.4) is 0 Å². The second-order valence-electron chi connectivity index (χ2n) is 6.05. The van der Waals surface area contributed by atoms with Gasteiger partial charge in [0.2, 0.25) is 0 Å². The number of urea groups is 1. The number of benzene rings is 2. The third-order valence-electron chi connectivity index (χ3n) is 4.21. The lowest BCUT2D eigenvalue weighted by molar-refractivity contribution is 0.262. The van der Waals surface area contributed by atoms with Crippen LogP contribution in [0.1, 0.15) is 0 Å². The van der Waals surface area contributed by atoms with Gasteiger partial charge in [-0.3, -0.25) is 9.67 Å². The number of aryl methyl sites for hydroxylation is 1. The highest BCUT2D eigenvalue weighted by molar-refractivity contribution is 9.10. The number of hydrogen-bond donors (Lipinski definition) is 2. The summed E-state index contributed by atoms with van der Waals surface area (Å²) >= 11 is 3.38. The monoisotopic (exact) mass is 421 g/mol. The smallest absolute Gasteiger partial charge is 0.308 e. The second kappa shape index (κ2) is 7.20. The van der Waals surface area contributed by atoms with Crippen LogP contribution in [0.5, 0.6) is 0 Å². The Morgan fingerprint density at radius 3 is 2.56 bits per heavy atom. The zero-order chi connectivity index (χ0) is 18.8. The molecule has 0 saturated carbocycles. The Morgan fingerprint density at radius 2 is 1.78 bits per heavy atom. The number of carbonyl (C=O) groups is 1. The van der Waals surface area contributed by atoms with Gasteiger partial charge in [-0.05, 0) is 35.9 Å². The molecule has 7 heteroatoms. The van der Waals surface area contributed by atoms with Crippen molar-refractivity contribution < 1.29 is 4.79 Å². The van der Waals surface area contributed by atoms with Crippen LogP contribution in [0.4, 0.5) is 16.2 Å². The van der Waals surface area contributed by atoms with Crippen molar-refractivity contribution >= 4 is 44.2 Å². The highest BCUT2D eigenvalue weighted by Crippen LogP contribution is 2.28. The van der Waals surface area contributed by atoms with Crippen molar-refractivity contribution in [2.45, 2.75) is 0 Å². The molecule has 4 rings (SSSR count). The van der Waals surface area contributed by atoms with Gasteiger partial charge in [0.1, 0.15) is 0 Å². The number of nitrogens with one attached hydrogen (secondary N) is 2. The standard InChI is InChI=1S/C20H16BrN5O/c1-26-19-12-22-10-17(18(19)11-23-26)13-5-7-15(8-6-13)24-20(27)25-16-4-2-3-14(21)9-16/h2-12H,1H3,(H2,24,25,27). The van der Waals surface area contributed by atoms with Gasteiger partial charge in [-0.25, -0.2) is 4.79 Å².